The van der Waals surface area contributed by atoms with Gasteiger partial charge in [-0.2, -0.15) is 0 Å². The molecule has 1 N–H and O–H groups in total. The van der Waals surface area contributed by atoms with E-state index in [1.165, 1.54) is 0 Å². The number of nitrogens with zero attached hydrogens (tertiary/aromatic N) is 2. The van der Waals surface area contributed by atoms with Crippen LogP contribution in [0, 0.1) is 5.92 Å². The maximum Gasteiger partial charge on any atom is 0.261 e. The minimum Gasteiger partial charge on any atom is -0.307 e. The Balaban J connectivity index is 2.53. The number of para-hydroxylation sites is 1. The lowest BCUT2D eigenvalue weighted by molar-refractivity contribution is 0.430. The zero-order valence-electron chi connectivity index (χ0n) is 13.4. The third-order valence-corrected chi connectivity index (χ3v) is 3.70. The van der Waals surface area contributed by atoms with Crippen molar-refractivity contribution < 1.29 is 0 Å². The van der Waals surface area contributed by atoms with Crippen LogP contribution < -0.4 is 10.9 Å². The molecule has 0 unspecified atom stereocenters. The van der Waals surface area contributed by atoms with E-state index in [1.807, 2.05) is 31.2 Å². The van der Waals surface area contributed by atoms with Gasteiger partial charge in [-0.3, -0.25) is 9.36 Å². The number of fused-ring (bicyclic) bond motifs is 1. The van der Waals surface area contributed by atoms with Crippen molar-refractivity contribution in [2.45, 2.75) is 46.7 Å². The van der Waals surface area contributed by atoms with Crippen molar-refractivity contribution in [3.63, 3.8) is 0 Å². The van der Waals surface area contributed by atoms with Gasteiger partial charge in [0, 0.05) is 6.54 Å². The molecule has 1 heterocycles. The first-order chi connectivity index (χ1) is 10.1. The Bertz CT molecular complexity index is 661. The first-order valence-electron chi connectivity index (χ1n) is 7.81. The fraction of sp³-hybridized carbons (Fsp3) is 0.529. The molecule has 2 aromatic rings. The molecule has 4 heteroatoms. The number of nitrogens with one attached hydrogen (secondary N) is 1. The van der Waals surface area contributed by atoms with Crippen LogP contribution in [0.25, 0.3) is 10.9 Å². The van der Waals surface area contributed by atoms with E-state index in [2.05, 4.69) is 26.1 Å². The van der Waals surface area contributed by atoms with Crippen molar-refractivity contribution in [3.8, 4) is 0 Å². The predicted molar refractivity (Wildman–Crippen MR) is 87.5 cm³/mol. The molecule has 1 aromatic carbocycles. The number of hydrogen-bond acceptors (Lipinski definition) is 3. The molecule has 0 saturated heterocycles. The molecule has 1 atom stereocenters. The highest BCUT2D eigenvalue weighted by atomic mass is 16.1. The second-order valence-corrected chi connectivity index (χ2v) is 5.80. The van der Waals surface area contributed by atoms with Gasteiger partial charge in [-0.15, -0.1) is 0 Å². The molecular weight excluding hydrogens is 262 g/mol. The first kappa shape index (κ1) is 15.7. The van der Waals surface area contributed by atoms with Crippen LogP contribution in [0.3, 0.4) is 0 Å². The fourth-order valence-electron chi connectivity index (χ4n) is 2.55. The van der Waals surface area contributed by atoms with Crippen LogP contribution in [0.5, 0.6) is 0 Å². The summed E-state index contributed by atoms with van der Waals surface area (Å²) in [5.41, 5.74) is 0.842. The molecule has 0 saturated carbocycles. The van der Waals surface area contributed by atoms with Gasteiger partial charge >= 0.3 is 0 Å². The molecule has 0 aliphatic heterocycles. The average molecular weight is 287 g/mol. The molecular formula is C17H25N3O. The number of aromatic nitrogens is 2. The summed E-state index contributed by atoms with van der Waals surface area (Å²) in [4.78, 5) is 17.4. The fourth-order valence-corrected chi connectivity index (χ4v) is 2.55. The first-order valence-corrected chi connectivity index (χ1v) is 7.81. The topological polar surface area (TPSA) is 46.9 Å². The second-order valence-electron chi connectivity index (χ2n) is 5.80. The van der Waals surface area contributed by atoms with Crippen LogP contribution in [0.4, 0.5) is 0 Å². The predicted octanol–water partition coefficient (Wildman–Crippen LogP) is 3.11. The van der Waals surface area contributed by atoms with Crippen molar-refractivity contribution >= 4 is 10.9 Å². The van der Waals surface area contributed by atoms with E-state index in [0.717, 1.165) is 24.3 Å². The van der Waals surface area contributed by atoms with Gasteiger partial charge < -0.3 is 5.32 Å². The second kappa shape index (κ2) is 6.85. The normalized spacial score (nSPS) is 13.0. The molecule has 0 aliphatic rings. The van der Waals surface area contributed by atoms with Crippen LogP contribution in [0.15, 0.2) is 29.1 Å². The summed E-state index contributed by atoms with van der Waals surface area (Å²) < 4.78 is 1.80. The van der Waals surface area contributed by atoms with Crippen molar-refractivity contribution in [2.24, 2.45) is 5.92 Å². The molecule has 4 nitrogen and oxygen atoms in total. The molecule has 2 rings (SSSR count). The van der Waals surface area contributed by atoms with Crippen LogP contribution in [-0.4, -0.2) is 16.1 Å². The highest BCUT2D eigenvalue weighted by Gasteiger charge is 2.17. The molecule has 114 valence electrons. The van der Waals surface area contributed by atoms with Gasteiger partial charge in [0.15, 0.2) is 0 Å². The summed E-state index contributed by atoms with van der Waals surface area (Å²) in [6.45, 7) is 10.0. The van der Waals surface area contributed by atoms with Gasteiger partial charge in [0.25, 0.3) is 5.56 Å². The molecule has 1 aromatic heterocycles. The minimum absolute atomic E-state index is 0.0582. The van der Waals surface area contributed by atoms with Gasteiger partial charge in [-0.1, -0.05) is 32.9 Å². The summed E-state index contributed by atoms with van der Waals surface area (Å²) in [7, 11) is 0. The number of rotatable bonds is 6. The molecule has 0 fully saturated rings. The van der Waals surface area contributed by atoms with Crippen molar-refractivity contribution in [1.29, 1.82) is 0 Å². The summed E-state index contributed by atoms with van der Waals surface area (Å²) in [6, 6.07) is 7.69. The molecule has 0 aliphatic carbocycles. The standard InChI is InChI=1S/C17H25N3O/c1-5-14(18-11-12(3)4)16-19-15-10-8-7-9-13(15)17(21)20(16)6-2/h7-10,12,14,18H,5-6,11H2,1-4H3/t14-/m0/s1. The van der Waals surface area contributed by atoms with Gasteiger partial charge in [0.1, 0.15) is 5.82 Å². The van der Waals surface area contributed by atoms with Crippen LogP contribution in [0.1, 0.15) is 46.0 Å². The molecule has 21 heavy (non-hydrogen) atoms. The Hall–Kier alpha value is -1.68. The molecule has 0 spiro atoms. The van der Waals surface area contributed by atoms with Crippen LogP contribution >= 0.6 is 0 Å². The van der Waals surface area contributed by atoms with E-state index < -0.39 is 0 Å². The highest BCUT2D eigenvalue weighted by molar-refractivity contribution is 5.77. The SMILES string of the molecule is CC[C@H](NCC(C)C)c1nc2ccccc2c(=O)n1CC. The maximum absolute atomic E-state index is 12.6. The quantitative estimate of drug-likeness (QED) is 0.888. The summed E-state index contributed by atoms with van der Waals surface area (Å²) in [5.74, 6) is 1.42. The Morgan fingerprint density at radius 3 is 2.57 bits per heavy atom. The number of benzene rings is 1. The lowest BCUT2D eigenvalue weighted by Crippen LogP contribution is -2.33. The van der Waals surface area contributed by atoms with Crippen molar-refractivity contribution in [1.82, 2.24) is 14.9 Å². The van der Waals surface area contributed by atoms with E-state index in [1.54, 1.807) is 4.57 Å². The minimum atomic E-state index is 0.0582. The van der Waals surface area contributed by atoms with Gasteiger partial charge in [0.05, 0.1) is 16.9 Å². The Morgan fingerprint density at radius 1 is 1.24 bits per heavy atom. The zero-order chi connectivity index (χ0) is 15.4. The Kier molecular flexibility index (Phi) is 5.12. The monoisotopic (exact) mass is 287 g/mol. The molecule has 0 radical (unpaired) electrons. The van der Waals surface area contributed by atoms with E-state index in [4.69, 9.17) is 4.98 Å². The van der Waals surface area contributed by atoms with Crippen LogP contribution in [-0.2, 0) is 6.54 Å². The molecule has 0 bridgehead atoms. The Labute approximate surface area is 126 Å². The third-order valence-electron chi connectivity index (χ3n) is 3.70. The zero-order valence-corrected chi connectivity index (χ0v) is 13.4. The van der Waals surface area contributed by atoms with E-state index in [-0.39, 0.29) is 11.6 Å². The smallest absolute Gasteiger partial charge is 0.261 e. The molecule has 0 amide bonds. The lowest BCUT2D eigenvalue weighted by atomic mass is 10.1. The summed E-state index contributed by atoms with van der Waals surface area (Å²) in [6.07, 6.45) is 0.914. The highest BCUT2D eigenvalue weighted by Crippen LogP contribution is 2.17. The van der Waals surface area contributed by atoms with Gasteiger partial charge in [-0.05, 0) is 37.9 Å². The van der Waals surface area contributed by atoms with E-state index in [9.17, 15) is 4.79 Å². The number of hydrogen-bond donors (Lipinski definition) is 1. The van der Waals surface area contributed by atoms with Gasteiger partial charge in [0.2, 0.25) is 0 Å². The lowest BCUT2D eigenvalue weighted by Gasteiger charge is -2.21. The summed E-state index contributed by atoms with van der Waals surface area (Å²) in [5, 5.41) is 4.23. The van der Waals surface area contributed by atoms with Gasteiger partial charge in [-0.25, -0.2) is 4.98 Å². The van der Waals surface area contributed by atoms with Crippen molar-refractivity contribution in [2.75, 3.05) is 6.54 Å². The van der Waals surface area contributed by atoms with E-state index >= 15 is 0 Å². The third kappa shape index (κ3) is 3.32. The Morgan fingerprint density at radius 2 is 1.95 bits per heavy atom. The van der Waals surface area contributed by atoms with Crippen molar-refractivity contribution in [3.05, 3.63) is 40.4 Å². The van der Waals surface area contributed by atoms with E-state index in [0.29, 0.717) is 17.8 Å². The van der Waals surface area contributed by atoms with Crippen LogP contribution in [0.2, 0.25) is 0 Å². The largest absolute Gasteiger partial charge is 0.307 e. The maximum atomic E-state index is 12.6. The summed E-state index contributed by atoms with van der Waals surface area (Å²) >= 11 is 0. The average Bonchev–Trinajstić information content (AvgIpc) is 2.48.